The molecule has 0 fully saturated rings. The quantitative estimate of drug-likeness (QED) is 0.637. The first-order chi connectivity index (χ1) is 14.0. The predicted octanol–water partition coefficient (Wildman–Crippen LogP) is 4.26. The van der Waals surface area contributed by atoms with E-state index in [0.717, 1.165) is 5.56 Å². The Labute approximate surface area is 180 Å². The van der Waals surface area contributed by atoms with Gasteiger partial charge in [-0.3, -0.25) is 14.5 Å². The fraction of sp³-hybridized carbons (Fsp3) is 0.636. The normalized spacial score (nSPS) is 10.5. The maximum atomic E-state index is 12.6. The first-order valence-electron chi connectivity index (χ1n) is 10.5. The molecule has 1 rings (SSSR count). The number of nitrogens with zero attached hydrogens (tertiary/aromatic N) is 3. The molecule has 1 aromatic heterocycles. The lowest BCUT2D eigenvalue weighted by Crippen LogP contribution is -2.39. The highest BCUT2D eigenvalue weighted by Gasteiger charge is 2.25. The third kappa shape index (κ3) is 10.8. The summed E-state index contributed by atoms with van der Waals surface area (Å²) < 4.78 is 5.46. The van der Waals surface area contributed by atoms with Crippen molar-refractivity contribution in [3.05, 3.63) is 23.9 Å². The molecule has 30 heavy (non-hydrogen) atoms. The molecule has 1 heterocycles. The lowest BCUT2D eigenvalue weighted by atomic mass is 10.2. The van der Waals surface area contributed by atoms with Gasteiger partial charge in [0.05, 0.1) is 0 Å². The third-order valence-corrected chi connectivity index (χ3v) is 3.74. The van der Waals surface area contributed by atoms with Crippen LogP contribution in [0.25, 0.3) is 0 Å². The van der Waals surface area contributed by atoms with Crippen LogP contribution in [0.4, 0.5) is 10.6 Å². The SMILES string of the molecule is CC.CCCN(CC(=O)O)C(=O)CCCN(C(=O)OC(C)(C)C)c1cc(C)ccn1. The number of rotatable bonds is 9. The third-order valence-electron chi connectivity index (χ3n) is 3.74. The van der Waals surface area contributed by atoms with Crippen LogP contribution >= 0.6 is 0 Å². The molecule has 0 spiro atoms. The molecule has 0 aliphatic carbocycles. The molecule has 0 atom stereocenters. The van der Waals surface area contributed by atoms with Crippen molar-refractivity contribution >= 4 is 23.8 Å². The summed E-state index contributed by atoms with van der Waals surface area (Å²) in [7, 11) is 0. The van der Waals surface area contributed by atoms with E-state index in [-0.39, 0.29) is 25.4 Å². The maximum Gasteiger partial charge on any atom is 0.416 e. The number of aryl methyl sites for hydroxylation is 1. The van der Waals surface area contributed by atoms with Crippen molar-refractivity contribution in [1.82, 2.24) is 9.88 Å². The zero-order valence-electron chi connectivity index (χ0n) is 19.4. The Hall–Kier alpha value is -2.64. The topological polar surface area (TPSA) is 100 Å². The average Bonchev–Trinajstić information content (AvgIpc) is 2.64. The van der Waals surface area contributed by atoms with E-state index in [0.29, 0.717) is 25.2 Å². The number of anilines is 1. The molecule has 0 aliphatic heterocycles. The second-order valence-corrected chi connectivity index (χ2v) is 7.64. The van der Waals surface area contributed by atoms with E-state index in [2.05, 4.69) is 4.98 Å². The standard InChI is InChI=1S/C20H31N3O5.C2H6/c1-6-11-22(14-18(25)26)17(24)8-7-12-23(19(27)28-20(3,4)5)16-13-15(2)9-10-21-16;1-2/h9-10,13H,6-8,11-12,14H2,1-5H3,(H,25,26);1-2H3. The van der Waals surface area contributed by atoms with E-state index < -0.39 is 17.7 Å². The van der Waals surface area contributed by atoms with Crippen LogP contribution in [0.2, 0.25) is 0 Å². The average molecular weight is 424 g/mol. The zero-order valence-corrected chi connectivity index (χ0v) is 19.4. The van der Waals surface area contributed by atoms with Gasteiger partial charge in [-0.15, -0.1) is 0 Å². The smallest absolute Gasteiger partial charge is 0.416 e. The molecule has 8 heteroatoms. The van der Waals surface area contributed by atoms with Gasteiger partial charge in [-0.1, -0.05) is 20.8 Å². The number of carboxylic acids is 1. The summed E-state index contributed by atoms with van der Waals surface area (Å²) in [6.07, 6.45) is 2.26. The van der Waals surface area contributed by atoms with Crippen molar-refractivity contribution in [3.8, 4) is 0 Å². The van der Waals surface area contributed by atoms with E-state index in [4.69, 9.17) is 9.84 Å². The maximum absolute atomic E-state index is 12.6. The monoisotopic (exact) mass is 423 g/mol. The Morgan fingerprint density at radius 3 is 2.30 bits per heavy atom. The Morgan fingerprint density at radius 2 is 1.80 bits per heavy atom. The van der Waals surface area contributed by atoms with E-state index in [1.54, 1.807) is 33.0 Å². The number of aliphatic carboxylic acids is 1. The number of carbonyl (C=O) groups excluding carboxylic acids is 2. The number of pyridine rings is 1. The minimum Gasteiger partial charge on any atom is -0.480 e. The molecule has 170 valence electrons. The Morgan fingerprint density at radius 1 is 1.17 bits per heavy atom. The molecule has 0 saturated carbocycles. The molecule has 0 aliphatic rings. The number of ether oxygens (including phenoxy) is 1. The highest BCUT2D eigenvalue weighted by molar-refractivity contribution is 5.87. The minimum absolute atomic E-state index is 0.137. The highest BCUT2D eigenvalue weighted by Crippen LogP contribution is 2.18. The van der Waals surface area contributed by atoms with Gasteiger partial charge >= 0.3 is 12.1 Å². The summed E-state index contributed by atoms with van der Waals surface area (Å²) in [5, 5.41) is 8.96. The van der Waals surface area contributed by atoms with Gasteiger partial charge in [0.2, 0.25) is 5.91 Å². The summed E-state index contributed by atoms with van der Waals surface area (Å²) in [4.78, 5) is 42.9. The number of hydrogen-bond donors (Lipinski definition) is 1. The minimum atomic E-state index is -1.04. The summed E-state index contributed by atoms with van der Waals surface area (Å²) in [5.41, 5.74) is 0.291. The van der Waals surface area contributed by atoms with E-state index in [1.807, 2.05) is 33.8 Å². The zero-order chi connectivity index (χ0) is 23.3. The number of carbonyl (C=O) groups is 3. The Bertz CT molecular complexity index is 686. The number of aromatic nitrogens is 1. The van der Waals surface area contributed by atoms with E-state index in [1.165, 1.54) is 9.80 Å². The van der Waals surface area contributed by atoms with Gasteiger partial charge in [0.1, 0.15) is 18.0 Å². The van der Waals surface area contributed by atoms with Gasteiger partial charge in [-0.05, 0) is 58.2 Å². The van der Waals surface area contributed by atoms with Gasteiger partial charge in [0, 0.05) is 25.7 Å². The highest BCUT2D eigenvalue weighted by atomic mass is 16.6. The molecule has 8 nitrogen and oxygen atoms in total. The molecular weight excluding hydrogens is 386 g/mol. The van der Waals surface area contributed by atoms with Crippen molar-refractivity contribution in [2.75, 3.05) is 24.5 Å². The van der Waals surface area contributed by atoms with Crippen LogP contribution in [0.5, 0.6) is 0 Å². The molecule has 1 aromatic rings. The number of hydrogen-bond acceptors (Lipinski definition) is 5. The fourth-order valence-electron chi connectivity index (χ4n) is 2.56. The predicted molar refractivity (Wildman–Crippen MR) is 118 cm³/mol. The lowest BCUT2D eigenvalue weighted by molar-refractivity contribution is -0.144. The molecule has 0 aromatic carbocycles. The van der Waals surface area contributed by atoms with Crippen molar-refractivity contribution in [2.45, 2.75) is 73.3 Å². The van der Waals surface area contributed by atoms with Crippen molar-refractivity contribution < 1.29 is 24.2 Å². The Kier molecular flexibility index (Phi) is 12.4. The molecular formula is C22H37N3O5. The summed E-state index contributed by atoms with van der Waals surface area (Å²) in [6, 6.07) is 3.61. The summed E-state index contributed by atoms with van der Waals surface area (Å²) in [5.74, 6) is -0.829. The Balaban J connectivity index is 0.00000407. The molecule has 0 bridgehead atoms. The summed E-state index contributed by atoms with van der Waals surface area (Å²) in [6.45, 7) is 13.4. The van der Waals surface area contributed by atoms with Crippen molar-refractivity contribution in [2.24, 2.45) is 0 Å². The molecule has 0 saturated heterocycles. The molecule has 0 unspecified atom stereocenters. The van der Waals surface area contributed by atoms with Crippen LogP contribution < -0.4 is 4.90 Å². The van der Waals surface area contributed by atoms with Crippen LogP contribution in [-0.4, -0.2) is 58.2 Å². The fourth-order valence-corrected chi connectivity index (χ4v) is 2.56. The first-order valence-corrected chi connectivity index (χ1v) is 10.5. The van der Waals surface area contributed by atoms with Gasteiger partial charge in [-0.25, -0.2) is 9.78 Å². The van der Waals surface area contributed by atoms with Crippen LogP contribution in [0.3, 0.4) is 0 Å². The molecule has 1 N–H and O–H groups in total. The van der Waals surface area contributed by atoms with E-state index >= 15 is 0 Å². The second kappa shape index (κ2) is 13.6. The molecule has 0 radical (unpaired) electrons. The van der Waals surface area contributed by atoms with Crippen LogP contribution in [0, 0.1) is 6.92 Å². The van der Waals surface area contributed by atoms with Gasteiger partial charge in [0.25, 0.3) is 0 Å². The van der Waals surface area contributed by atoms with Gasteiger partial charge in [-0.2, -0.15) is 0 Å². The molecule has 2 amide bonds. The van der Waals surface area contributed by atoms with Crippen LogP contribution in [0.15, 0.2) is 18.3 Å². The van der Waals surface area contributed by atoms with E-state index in [9.17, 15) is 14.4 Å². The largest absolute Gasteiger partial charge is 0.480 e. The van der Waals surface area contributed by atoms with Gasteiger partial charge < -0.3 is 14.7 Å². The van der Waals surface area contributed by atoms with Crippen molar-refractivity contribution in [3.63, 3.8) is 0 Å². The van der Waals surface area contributed by atoms with Crippen LogP contribution in [-0.2, 0) is 14.3 Å². The van der Waals surface area contributed by atoms with Crippen LogP contribution in [0.1, 0.15) is 66.4 Å². The van der Waals surface area contributed by atoms with Gasteiger partial charge in [0.15, 0.2) is 0 Å². The lowest BCUT2D eigenvalue weighted by Gasteiger charge is -2.27. The number of carboxylic acid groups (broad SMARTS) is 1. The summed E-state index contributed by atoms with van der Waals surface area (Å²) >= 11 is 0. The first kappa shape index (κ1) is 27.4. The second-order valence-electron chi connectivity index (χ2n) is 7.64. The number of amides is 2. The van der Waals surface area contributed by atoms with Crippen molar-refractivity contribution in [1.29, 1.82) is 0 Å².